The van der Waals surface area contributed by atoms with E-state index in [-0.39, 0.29) is 0 Å². The summed E-state index contributed by atoms with van der Waals surface area (Å²) in [5, 5.41) is 0.764. The summed E-state index contributed by atoms with van der Waals surface area (Å²) >= 11 is 5.95. The summed E-state index contributed by atoms with van der Waals surface area (Å²) in [6.07, 6.45) is 14.5. The predicted molar refractivity (Wildman–Crippen MR) is 103 cm³/mol. The molecule has 2 heteroatoms. The van der Waals surface area contributed by atoms with Crippen LogP contribution in [0.2, 0.25) is 5.02 Å². The number of rotatable bonds is 5. The first kappa shape index (κ1) is 17.2. The highest BCUT2D eigenvalue weighted by atomic mass is 35.5. The molecular weight excluding hydrogens is 314 g/mol. The van der Waals surface area contributed by atoms with Crippen molar-refractivity contribution >= 4 is 11.6 Å². The van der Waals surface area contributed by atoms with Gasteiger partial charge in [0, 0.05) is 16.8 Å². The van der Waals surface area contributed by atoms with Crippen LogP contribution in [0.25, 0.3) is 11.3 Å². The summed E-state index contributed by atoms with van der Waals surface area (Å²) in [7, 11) is 0. The molecule has 1 aromatic heterocycles. The van der Waals surface area contributed by atoms with Crippen molar-refractivity contribution in [3.63, 3.8) is 0 Å². The van der Waals surface area contributed by atoms with Crippen molar-refractivity contribution in [3.05, 3.63) is 65.3 Å². The topological polar surface area (TPSA) is 12.9 Å². The van der Waals surface area contributed by atoms with Crippen LogP contribution in [0, 0.1) is 5.92 Å². The first-order chi connectivity index (χ1) is 11.8. The van der Waals surface area contributed by atoms with E-state index in [4.69, 9.17) is 11.6 Å². The minimum atomic E-state index is 0.674. The van der Waals surface area contributed by atoms with Crippen LogP contribution in [0.3, 0.4) is 0 Å². The van der Waals surface area contributed by atoms with E-state index in [2.05, 4.69) is 42.4 Å². The van der Waals surface area contributed by atoms with E-state index in [1.807, 2.05) is 24.3 Å². The van der Waals surface area contributed by atoms with Gasteiger partial charge in [0.1, 0.15) is 0 Å². The fourth-order valence-corrected chi connectivity index (χ4v) is 3.66. The van der Waals surface area contributed by atoms with Crippen molar-refractivity contribution in [2.24, 2.45) is 5.92 Å². The van der Waals surface area contributed by atoms with E-state index < -0.39 is 0 Å². The number of halogens is 1. The van der Waals surface area contributed by atoms with Crippen LogP contribution in [0.5, 0.6) is 0 Å². The Labute approximate surface area is 150 Å². The van der Waals surface area contributed by atoms with Crippen LogP contribution in [-0.4, -0.2) is 4.98 Å². The highest BCUT2D eigenvalue weighted by Crippen LogP contribution is 2.36. The molecule has 3 rings (SSSR count). The zero-order valence-electron chi connectivity index (χ0n) is 14.4. The van der Waals surface area contributed by atoms with Gasteiger partial charge in [0.05, 0.1) is 5.69 Å². The molecular formula is C22H26ClN. The summed E-state index contributed by atoms with van der Waals surface area (Å²) in [6.45, 7) is 2.24. The van der Waals surface area contributed by atoms with Crippen molar-refractivity contribution in [1.29, 1.82) is 0 Å². The lowest BCUT2D eigenvalue weighted by atomic mass is 9.79. The van der Waals surface area contributed by atoms with Gasteiger partial charge in [-0.3, -0.25) is 4.98 Å². The number of benzene rings is 1. The molecule has 1 aromatic carbocycles. The van der Waals surface area contributed by atoms with Crippen molar-refractivity contribution in [2.45, 2.75) is 51.4 Å². The lowest BCUT2D eigenvalue weighted by molar-refractivity contribution is 0.375. The molecule has 0 spiro atoms. The third-order valence-electron chi connectivity index (χ3n) is 5.03. The molecule has 126 valence electrons. The number of hydrogen-bond acceptors (Lipinski definition) is 1. The Morgan fingerprint density at radius 3 is 2.42 bits per heavy atom. The van der Waals surface area contributed by atoms with E-state index in [1.165, 1.54) is 44.1 Å². The minimum Gasteiger partial charge on any atom is -0.256 e. The van der Waals surface area contributed by atoms with Crippen LogP contribution >= 0.6 is 11.6 Å². The summed E-state index contributed by atoms with van der Waals surface area (Å²) < 4.78 is 0. The Balaban J connectivity index is 1.59. The fourth-order valence-electron chi connectivity index (χ4n) is 3.54. The van der Waals surface area contributed by atoms with Gasteiger partial charge in [0.15, 0.2) is 0 Å². The number of pyridine rings is 1. The Hall–Kier alpha value is -1.60. The first-order valence-electron chi connectivity index (χ1n) is 9.15. The van der Waals surface area contributed by atoms with Crippen molar-refractivity contribution in [2.75, 3.05) is 0 Å². The molecule has 0 saturated heterocycles. The van der Waals surface area contributed by atoms with Gasteiger partial charge in [0.25, 0.3) is 0 Å². The molecule has 1 aliphatic carbocycles. The molecule has 1 fully saturated rings. The summed E-state index contributed by atoms with van der Waals surface area (Å²) in [6, 6.07) is 12.3. The number of nitrogens with zero attached hydrogens (tertiary/aromatic N) is 1. The lowest BCUT2D eigenvalue weighted by Gasteiger charge is -2.27. The van der Waals surface area contributed by atoms with Crippen molar-refractivity contribution < 1.29 is 0 Å². The van der Waals surface area contributed by atoms with Crippen LogP contribution in [0.4, 0.5) is 0 Å². The molecule has 0 amide bonds. The van der Waals surface area contributed by atoms with Gasteiger partial charge in [-0.15, -0.1) is 0 Å². The number of aromatic nitrogens is 1. The molecule has 0 atom stereocenters. The maximum absolute atomic E-state index is 5.95. The Kier molecular flexibility index (Phi) is 6.09. The molecule has 1 saturated carbocycles. The van der Waals surface area contributed by atoms with Gasteiger partial charge < -0.3 is 0 Å². The Bertz CT molecular complexity index is 649. The highest BCUT2D eigenvalue weighted by molar-refractivity contribution is 6.30. The predicted octanol–water partition coefficient (Wildman–Crippen LogP) is 7.03. The first-order valence-corrected chi connectivity index (χ1v) is 9.52. The monoisotopic (exact) mass is 339 g/mol. The van der Waals surface area contributed by atoms with Gasteiger partial charge in [0.2, 0.25) is 0 Å². The number of unbranched alkanes of at least 4 members (excludes halogenated alkanes) is 1. The van der Waals surface area contributed by atoms with Gasteiger partial charge in [-0.05, 0) is 67.7 Å². The molecule has 0 aliphatic heterocycles. The van der Waals surface area contributed by atoms with E-state index >= 15 is 0 Å². The normalized spacial score (nSPS) is 21.2. The molecule has 1 aliphatic rings. The lowest BCUT2D eigenvalue weighted by Crippen LogP contribution is -2.12. The average molecular weight is 340 g/mol. The zero-order valence-corrected chi connectivity index (χ0v) is 15.2. The highest BCUT2D eigenvalue weighted by Gasteiger charge is 2.21. The fraction of sp³-hybridized carbons (Fsp3) is 0.409. The zero-order chi connectivity index (χ0) is 16.8. The molecule has 0 N–H and O–H groups in total. The second-order valence-corrected chi connectivity index (χ2v) is 7.25. The maximum atomic E-state index is 5.95. The van der Waals surface area contributed by atoms with Crippen molar-refractivity contribution in [1.82, 2.24) is 4.98 Å². The van der Waals surface area contributed by atoms with Gasteiger partial charge in [-0.1, -0.05) is 55.3 Å². The van der Waals surface area contributed by atoms with Gasteiger partial charge >= 0.3 is 0 Å². The molecule has 2 aromatic rings. The van der Waals surface area contributed by atoms with E-state index in [0.717, 1.165) is 22.2 Å². The van der Waals surface area contributed by atoms with E-state index in [9.17, 15) is 0 Å². The minimum absolute atomic E-state index is 0.674. The summed E-state index contributed by atoms with van der Waals surface area (Å²) in [5.74, 6) is 1.46. The summed E-state index contributed by atoms with van der Waals surface area (Å²) in [5.41, 5.74) is 3.53. The van der Waals surface area contributed by atoms with Crippen LogP contribution < -0.4 is 0 Å². The molecule has 1 heterocycles. The van der Waals surface area contributed by atoms with Gasteiger partial charge in [-0.25, -0.2) is 0 Å². The summed E-state index contributed by atoms with van der Waals surface area (Å²) in [4.78, 5) is 4.68. The third kappa shape index (κ3) is 4.48. The molecule has 0 radical (unpaired) electrons. The van der Waals surface area contributed by atoms with Gasteiger partial charge in [-0.2, -0.15) is 0 Å². The molecule has 0 unspecified atom stereocenters. The van der Waals surface area contributed by atoms with E-state index in [0.29, 0.717) is 5.92 Å². The smallest absolute Gasteiger partial charge is 0.0702 e. The quantitative estimate of drug-likeness (QED) is 0.533. The Morgan fingerprint density at radius 1 is 1.04 bits per heavy atom. The Morgan fingerprint density at radius 2 is 1.79 bits per heavy atom. The molecule has 1 nitrogen and oxygen atoms in total. The second-order valence-electron chi connectivity index (χ2n) is 6.81. The maximum Gasteiger partial charge on any atom is 0.0702 e. The largest absolute Gasteiger partial charge is 0.256 e. The SMILES string of the molecule is CCC/C=C/[C@H]1CC[C@H](c2ccc(-c3ccc(Cl)cc3)nc2)CC1. The van der Waals surface area contributed by atoms with Crippen LogP contribution in [0.1, 0.15) is 56.9 Å². The second kappa shape index (κ2) is 8.48. The average Bonchev–Trinajstić information content (AvgIpc) is 2.63. The van der Waals surface area contributed by atoms with Crippen LogP contribution in [-0.2, 0) is 0 Å². The number of allylic oxidation sites excluding steroid dienone is 2. The van der Waals surface area contributed by atoms with Crippen LogP contribution in [0.15, 0.2) is 54.7 Å². The molecule has 24 heavy (non-hydrogen) atoms. The molecule has 0 bridgehead atoms. The number of hydrogen-bond donors (Lipinski definition) is 0. The van der Waals surface area contributed by atoms with E-state index in [1.54, 1.807) is 0 Å². The van der Waals surface area contributed by atoms with Crippen molar-refractivity contribution in [3.8, 4) is 11.3 Å². The third-order valence-corrected chi connectivity index (χ3v) is 5.29. The standard InChI is InChI=1S/C22H26ClN/c1-2-3-4-5-17-6-8-18(9-7-17)20-12-15-22(24-16-20)19-10-13-21(23)14-11-19/h4-5,10-18H,2-3,6-9H2,1H3/b5-4+/t17-,18-.